The highest BCUT2D eigenvalue weighted by Gasteiger charge is 2.19. The molecule has 1 aromatic rings. The fourth-order valence-electron chi connectivity index (χ4n) is 1.86. The zero-order valence-corrected chi connectivity index (χ0v) is 12.8. The van der Waals surface area contributed by atoms with Crippen LogP contribution in [-0.2, 0) is 11.2 Å². The standard InChI is InChI=1S/C14H20Cl2N2O/c1-9(2)12(8-17)14(19)18-6-5-10-3-4-11(15)7-13(10)16/h3-4,7,9,12H,5-6,8,17H2,1-2H3,(H,18,19). The van der Waals surface area contributed by atoms with E-state index in [4.69, 9.17) is 28.9 Å². The first kappa shape index (κ1) is 16.3. The summed E-state index contributed by atoms with van der Waals surface area (Å²) in [5, 5.41) is 4.13. The molecule has 1 aromatic carbocycles. The Morgan fingerprint density at radius 2 is 2.05 bits per heavy atom. The summed E-state index contributed by atoms with van der Waals surface area (Å²) in [6, 6.07) is 5.37. The molecule has 0 bridgehead atoms. The van der Waals surface area contributed by atoms with Crippen LogP contribution in [0.4, 0.5) is 0 Å². The summed E-state index contributed by atoms with van der Waals surface area (Å²) in [5.74, 6) is 0.104. The lowest BCUT2D eigenvalue weighted by atomic mass is 9.95. The first-order chi connectivity index (χ1) is 8.95. The maximum absolute atomic E-state index is 11.9. The highest BCUT2D eigenvalue weighted by atomic mass is 35.5. The van der Waals surface area contributed by atoms with Gasteiger partial charge in [0.05, 0.1) is 5.92 Å². The van der Waals surface area contributed by atoms with Gasteiger partial charge in [-0.2, -0.15) is 0 Å². The van der Waals surface area contributed by atoms with Crippen molar-refractivity contribution in [1.82, 2.24) is 5.32 Å². The molecule has 1 rings (SSSR count). The number of amides is 1. The van der Waals surface area contributed by atoms with Crippen LogP contribution in [0, 0.1) is 11.8 Å². The van der Waals surface area contributed by atoms with E-state index >= 15 is 0 Å². The van der Waals surface area contributed by atoms with E-state index in [0.717, 1.165) is 5.56 Å². The Bertz CT molecular complexity index is 435. The monoisotopic (exact) mass is 302 g/mol. The molecule has 0 saturated carbocycles. The van der Waals surface area contributed by atoms with Gasteiger partial charge in [0.2, 0.25) is 5.91 Å². The minimum absolute atomic E-state index is 0.00239. The Balaban J connectivity index is 2.48. The van der Waals surface area contributed by atoms with Gasteiger partial charge in [-0.3, -0.25) is 4.79 Å². The highest BCUT2D eigenvalue weighted by Crippen LogP contribution is 2.21. The lowest BCUT2D eigenvalue weighted by Gasteiger charge is -2.18. The molecule has 0 saturated heterocycles. The van der Waals surface area contributed by atoms with E-state index < -0.39 is 0 Å². The molecule has 0 aliphatic heterocycles. The molecule has 3 nitrogen and oxygen atoms in total. The lowest BCUT2D eigenvalue weighted by molar-refractivity contribution is -0.125. The molecule has 0 aliphatic rings. The molecule has 1 unspecified atom stereocenters. The summed E-state index contributed by atoms with van der Waals surface area (Å²) in [6.45, 7) is 4.90. The van der Waals surface area contributed by atoms with Crippen LogP contribution in [-0.4, -0.2) is 19.0 Å². The van der Waals surface area contributed by atoms with Crippen LogP contribution in [0.3, 0.4) is 0 Å². The largest absolute Gasteiger partial charge is 0.355 e. The molecule has 0 fully saturated rings. The van der Waals surface area contributed by atoms with Crippen molar-refractivity contribution in [3.63, 3.8) is 0 Å². The molecule has 0 aromatic heterocycles. The van der Waals surface area contributed by atoms with Crippen LogP contribution in [0.15, 0.2) is 18.2 Å². The second-order valence-electron chi connectivity index (χ2n) is 4.86. The van der Waals surface area contributed by atoms with Crippen LogP contribution >= 0.6 is 23.2 Å². The summed E-state index contributed by atoms with van der Waals surface area (Å²) in [4.78, 5) is 11.9. The van der Waals surface area contributed by atoms with Crippen molar-refractivity contribution in [2.24, 2.45) is 17.6 Å². The number of carbonyl (C=O) groups excluding carboxylic acids is 1. The van der Waals surface area contributed by atoms with Gasteiger partial charge in [0.15, 0.2) is 0 Å². The Morgan fingerprint density at radius 1 is 1.37 bits per heavy atom. The minimum Gasteiger partial charge on any atom is -0.355 e. The van der Waals surface area contributed by atoms with Crippen LogP contribution in [0.1, 0.15) is 19.4 Å². The van der Waals surface area contributed by atoms with Crippen LogP contribution < -0.4 is 11.1 Å². The quantitative estimate of drug-likeness (QED) is 0.849. The molecular formula is C14H20Cl2N2O. The third-order valence-electron chi connectivity index (χ3n) is 3.10. The van der Waals surface area contributed by atoms with Crippen molar-refractivity contribution in [2.75, 3.05) is 13.1 Å². The molecule has 1 atom stereocenters. The van der Waals surface area contributed by atoms with Crippen molar-refractivity contribution >= 4 is 29.1 Å². The topological polar surface area (TPSA) is 55.1 Å². The number of nitrogens with one attached hydrogen (secondary N) is 1. The Labute approximate surface area is 124 Å². The summed E-state index contributed by atoms with van der Waals surface area (Å²) in [6.07, 6.45) is 0.678. The van der Waals surface area contributed by atoms with E-state index in [-0.39, 0.29) is 17.7 Å². The number of hydrogen-bond acceptors (Lipinski definition) is 2. The highest BCUT2D eigenvalue weighted by molar-refractivity contribution is 6.35. The zero-order valence-electron chi connectivity index (χ0n) is 11.2. The summed E-state index contributed by atoms with van der Waals surface area (Å²) < 4.78 is 0. The molecule has 0 heterocycles. The predicted molar refractivity (Wildman–Crippen MR) is 80.6 cm³/mol. The second kappa shape index (κ2) is 7.73. The van der Waals surface area contributed by atoms with Gasteiger partial charge in [-0.1, -0.05) is 43.1 Å². The maximum atomic E-state index is 11.9. The van der Waals surface area contributed by atoms with Crippen LogP contribution in [0.25, 0.3) is 0 Å². The van der Waals surface area contributed by atoms with Gasteiger partial charge >= 0.3 is 0 Å². The van der Waals surface area contributed by atoms with Gasteiger partial charge in [0.25, 0.3) is 0 Å². The number of halogens is 2. The van der Waals surface area contributed by atoms with E-state index in [1.165, 1.54) is 0 Å². The molecule has 3 N–H and O–H groups in total. The second-order valence-corrected chi connectivity index (χ2v) is 5.71. The Kier molecular flexibility index (Phi) is 6.63. The predicted octanol–water partition coefficient (Wildman–Crippen LogP) is 2.88. The van der Waals surface area contributed by atoms with E-state index in [0.29, 0.717) is 29.6 Å². The van der Waals surface area contributed by atoms with Crippen molar-refractivity contribution in [1.29, 1.82) is 0 Å². The number of nitrogens with two attached hydrogens (primary N) is 1. The minimum atomic E-state index is -0.138. The molecule has 106 valence electrons. The van der Waals surface area contributed by atoms with Crippen molar-refractivity contribution in [3.05, 3.63) is 33.8 Å². The number of hydrogen-bond donors (Lipinski definition) is 2. The van der Waals surface area contributed by atoms with E-state index in [1.807, 2.05) is 19.9 Å². The molecule has 1 amide bonds. The zero-order chi connectivity index (χ0) is 14.4. The third-order valence-corrected chi connectivity index (χ3v) is 3.69. The number of carbonyl (C=O) groups is 1. The average molecular weight is 303 g/mol. The van der Waals surface area contributed by atoms with Crippen molar-refractivity contribution < 1.29 is 4.79 Å². The molecule has 5 heteroatoms. The molecule has 0 aliphatic carbocycles. The van der Waals surface area contributed by atoms with Gasteiger partial charge in [0.1, 0.15) is 0 Å². The summed E-state index contributed by atoms with van der Waals surface area (Å²) in [5.41, 5.74) is 6.57. The molecular weight excluding hydrogens is 283 g/mol. The van der Waals surface area contributed by atoms with E-state index in [2.05, 4.69) is 5.32 Å². The first-order valence-electron chi connectivity index (χ1n) is 6.37. The smallest absolute Gasteiger partial charge is 0.224 e. The Morgan fingerprint density at radius 3 is 2.58 bits per heavy atom. The van der Waals surface area contributed by atoms with Gasteiger partial charge in [-0.05, 0) is 30.0 Å². The number of benzene rings is 1. The fourth-order valence-corrected chi connectivity index (χ4v) is 2.36. The third kappa shape index (κ3) is 5.01. The van der Waals surface area contributed by atoms with Crippen molar-refractivity contribution in [3.8, 4) is 0 Å². The Hall–Kier alpha value is -0.770. The SMILES string of the molecule is CC(C)C(CN)C(=O)NCCc1ccc(Cl)cc1Cl. The van der Waals surface area contributed by atoms with E-state index in [9.17, 15) is 4.79 Å². The van der Waals surface area contributed by atoms with Crippen LogP contribution in [0.2, 0.25) is 10.0 Å². The summed E-state index contributed by atoms with van der Waals surface area (Å²) >= 11 is 11.9. The fraction of sp³-hybridized carbons (Fsp3) is 0.500. The maximum Gasteiger partial charge on any atom is 0.224 e. The number of rotatable bonds is 6. The van der Waals surface area contributed by atoms with Gasteiger partial charge in [0, 0.05) is 23.1 Å². The van der Waals surface area contributed by atoms with Gasteiger partial charge < -0.3 is 11.1 Å². The van der Waals surface area contributed by atoms with Gasteiger partial charge in [-0.25, -0.2) is 0 Å². The average Bonchev–Trinajstić information content (AvgIpc) is 2.32. The van der Waals surface area contributed by atoms with Crippen LogP contribution in [0.5, 0.6) is 0 Å². The molecule has 0 radical (unpaired) electrons. The van der Waals surface area contributed by atoms with E-state index in [1.54, 1.807) is 12.1 Å². The first-order valence-corrected chi connectivity index (χ1v) is 7.13. The normalized spacial score (nSPS) is 12.5. The van der Waals surface area contributed by atoms with Gasteiger partial charge in [-0.15, -0.1) is 0 Å². The summed E-state index contributed by atoms with van der Waals surface area (Å²) in [7, 11) is 0. The lowest BCUT2D eigenvalue weighted by Crippen LogP contribution is -2.38. The van der Waals surface area contributed by atoms with Crippen molar-refractivity contribution in [2.45, 2.75) is 20.3 Å². The molecule has 0 spiro atoms. The molecule has 19 heavy (non-hydrogen) atoms.